The zero-order valence-corrected chi connectivity index (χ0v) is 23.0. The highest BCUT2D eigenvalue weighted by Crippen LogP contribution is 2.34. The summed E-state index contributed by atoms with van der Waals surface area (Å²) in [6, 6.07) is 19.7. The van der Waals surface area contributed by atoms with Crippen LogP contribution in [0.1, 0.15) is 29.3 Å². The number of nitrogens with one attached hydrogen (secondary N) is 2. The molecule has 0 atom stereocenters. The summed E-state index contributed by atoms with van der Waals surface area (Å²) >= 11 is 0. The largest absolute Gasteiger partial charge is 0.497 e. The number of nitrogens with zero attached hydrogens (tertiary/aromatic N) is 2. The third kappa shape index (κ3) is 5.82. The van der Waals surface area contributed by atoms with E-state index in [0.717, 1.165) is 5.56 Å². The maximum absolute atomic E-state index is 13.2. The zero-order chi connectivity index (χ0) is 28.9. The number of carbonyl (C=O) groups is 2. The normalized spacial score (nSPS) is 11.1. The van der Waals surface area contributed by atoms with E-state index in [0.29, 0.717) is 69.9 Å². The Morgan fingerprint density at radius 2 is 1.83 bits per heavy atom. The topological polar surface area (TPSA) is 125 Å². The molecule has 10 nitrogen and oxygen atoms in total. The SMILES string of the molecule is CCC(=O)Nc1ccc(-c2nc(=O)n(CCOC)c3c2oc2cc(C(=O)NCc4cccc(OC)c4)ccc23)cc1. The summed E-state index contributed by atoms with van der Waals surface area (Å²) < 4.78 is 18.3. The Morgan fingerprint density at radius 1 is 1.02 bits per heavy atom. The third-order valence-electron chi connectivity index (χ3n) is 6.72. The van der Waals surface area contributed by atoms with Crippen LogP contribution in [0.25, 0.3) is 33.3 Å². The van der Waals surface area contributed by atoms with Crippen LogP contribution in [0.15, 0.2) is 75.9 Å². The number of rotatable bonds is 10. The van der Waals surface area contributed by atoms with Gasteiger partial charge in [-0.3, -0.25) is 14.2 Å². The summed E-state index contributed by atoms with van der Waals surface area (Å²) in [5.74, 6) is 0.347. The molecule has 2 aromatic heterocycles. The van der Waals surface area contributed by atoms with E-state index in [4.69, 9.17) is 13.9 Å². The van der Waals surface area contributed by atoms with Crippen LogP contribution >= 0.6 is 0 Å². The first-order chi connectivity index (χ1) is 19.9. The Hall–Kier alpha value is -4.96. The van der Waals surface area contributed by atoms with Gasteiger partial charge in [-0.25, -0.2) is 4.79 Å². The summed E-state index contributed by atoms with van der Waals surface area (Å²) in [6.45, 7) is 2.69. The summed E-state index contributed by atoms with van der Waals surface area (Å²) in [5, 5.41) is 6.41. The molecule has 41 heavy (non-hydrogen) atoms. The number of hydrogen-bond acceptors (Lipinski definition) is 7. The van der Waals surface area contributed by atoms with Gasteiger partial charge in [0.2, 0.25) is 5.91 Å². The van der Waals surface area contributed by atoms with E-state index < -0.39 is 5.69 Å². The summed E-state index contributed by atoms with van der Waals surface area (Å²) in [7, 11) is 3.16. The van der Waals surface area contributed by atoms with Crippen LogP contribution < -0.4 is 21.1 Å². The van der Waals surface area contributed by atoms with E-state index >= 15 is 0 Å². The Morgan fingerprint density at radius 3 is 2.56 bits per heavy atom. The Bertz CT molecular complexity index is 1790. The summed E-state index contributed by atoms with van der Waals surface area (Å²) in [6.07, 6.45) is 0.365. The molecule has 2 amide bonds. The number of anilines is 1. The average Bonchev–Trinajstić information content (AvgIpc) is 3.38. The van der Waals surface area contributed by atoms with Crippen molar-refractivity contribution in [1.29, 1.82) is 0 Å². The van der Waals surface area contributed by atoms with Gasteiger partial charge in [0.1, 0.15) is 22.5 Å². The maximum Gasteiger partial charge on any atom is 0.348 e. The van der Waals surface area contributed by atoms with Gasteiger partial charge >= 0.3 is 5.69 Å². The lowest BCUT2D eigenvalue weighted by Gasteiger charge is -2.10. The number of benzene rings is 3. The predicted octanol–water partition coefficient (Wildman–Crippen LogP) is 4.74. The highest BCUT2D eigenvalue weighted by atomic mass is 16.5. The van der Waals surface area contributed by atoms with Crippen molar-refractivity contribution in [1.82, 2.24) is 14.9 Å². The van der Waals surface area contributed by atoms with E-state index in [-0.39, 0.29) is 18.4 Å². The first-order valence-corrected chi connectivity index (χ1v) is 13.2. The van der Waals surface area contributed by atoms with Gasteiger partial charge in [-0.05, 0) is 48.0 Å². The molecule has 0 spiro atoms. The molecule has 2 heterocycles. The lowest BCUT2D eigenvalue weighted by Crippen LogP contribution is -2.25. The van der Waals surface area contributed by atoms with Crippen molar-refractivity contribution >= 4 is 39.6 Å². The minimum atomic E-state index is -0.448. The maximum atomic E-state index is 13.2. The van der Waals surface area contributed by atoms with Crippen molar-refractivity contribution in [3.63, 3.8) is 0 Å². The van der Waals surface area contributed by atoms with Crippen LogP contribution in [0.3, 0.4) is 0 Å². The molecule has 0 saturated carbocycles. The van der Waals surface area contributed by atoms with Crippen LogP contribution in [0.5, 0.6) is 5.75 Å². The number of aromatic nitrogens is 2. The number of methoxy groups -OCH3 is 2. The molecular formula is C31H30N4O6. The molecule has 0 radical (unpaired) electrons. The Labute approximate surface area is 235 Å². The molecular weight excluding hydrogens is 524 g/mol. The second-order valence-corrected chi connectivity index (χ2v) is 9.39. The third-order valence-corrected chi connectivity index (χ3v) is 6.72. The molecule has 0 unspecified atom stereocenters. The van der Waals surface area contributed by atoms with E-state index in [1.54, 1.807) is 63.6 Å². The van der Waals surface area contributed by atoms with Gasteiger partial charge in [-0.1, -0.05) is 31.2 Å². The van der Waals surface area contributed by atoms with Crippen molar-refractivity contribution in [2.75, 3.05) is 26.1 Å². The molecule has 0 saturated heterocycles. The average molecular weight is 555 g/mol. The minimum Gasteiger partial charge on any atom is -0.497 e. The summed E-state index contributed by atoms with van der Waals surface area (Å²) in [4.78, 5) is 42.3. The van der Waals surface area contributed by atoms with Gasteiger partial charge in [0.25, 0.3) is 5.91 Å². The van der Waals surface area contributed by atoms with Crippen molar-refractivity contribution in [2.45, 2.75) is 26.4 Å². The van der Waals surface area contributed by atoms with Crippen LogP contribution in [0, 0.1) is 0 Å². The highest BCUT2D eigenvalue weighted by Gasteiger charge is 2.21. The molecule has 210 valence electrons. The molecule has 10 heteroatoms. The lowest BCUT2D eigenvalue weighted by molar-refractivity contribution is -0.115. The fraction of sp³-hybridized carbons (Fsp3) is 0.226. The Kier molecular flexibility index (Phi) is 8.11. The molecule has 0 aliphatic carbocycles. The number of ether oxygens (including phenoxy) is 2. The second kappa shape index (κ2) is 12.1. The number of fused-ring (bicyclic) bond motifs is 3. The van der Waals surface area contributed by atoms with Gasteiger partial charge in [0, 0.05) is 42.3 Å². The molecule has 0 aliphatic rings. The minimum absolute atomic E-state index is 0.0976. The van der Waals surface area contributed by atoms with E-state index in [9.17, 15) is 14.4 Å². The van der Waals surface area contributed by atoms with Crippen molar-refractivity contribution in [3.8, 4) is 17.0 Å². The number of hydrogen-bond donors (Lipinski definition) is 2. The van der Waals surface area contributed by atoms with E-state index in [1.165, 1.54) is 4.57 Å². The fourth-order valence-electron chi connectivity index (χ4n) is 4.57. The van der Waals surface area contributed by atoms with Crippen LogP contribution in [-0.4, -0.2) is 42.2 Å². The Balaban J connectivity index is 1.53. The first-order valence-electron chi connectivity index (χ1n) is 13.2. The monoisotopic (exact) mass is 554 g/mol. The highest BCUT2D eigenvalue weighted by molar-refractivity contribution is 6.09. The number of furan rings is 1. The molecule has 2 N–H and O–H groups in total. The molecule has 0 bridgehead atoms. The van der Waals surface area contributed by atoms with Crippen molar-refractivity contribution in [3.05, 3.63) is 88.3 Å². The molecule has 0 aliphatic heterocycles. The first kappa shape index (κ1) is 27.6. The van der Waals surface area contributed by atoms with E-state index in [1.807, 2.05) is 24.3 Å². The smallest absolute Gasteiger partial charge is 0.348 e. The zero-order valence-electron chi connectivity index (χ0n) is 23.0. The number of amides is 2. The van der Waals surface area contributed by atoms with Gasteiger partial charge in [0.05, 0.1) is 20.3 Å². The standard InChI is InChI=1S/C31H30N4O6/c1-4-26(36)33-22-11-8-20(9-12-22)27-29-28(35(14-15-39-2)31(38)34-27)24-13-10-21(17-25(24)41-29)30(37)32-18-19-6-5-7-23(16-19)40-3/h5-13,16-17H,4,14-15,18H2,1-3H3,(H,32,37)(H,33,36). The molecule has 0 fully saturated rings. The number of carbonyl (C=O) groups excluding carboxylic acids is 2. The van der Waals surface area contributed by atoms with Crippen LogP contribution in [-0.2, 0) is 22.6 Å². The molecule has 5 aromatic rings. The van der Waals surface area contributed by atoms with Gasteiger partial charge in [-0.15, -0.1) is 0 Å². The quantitative estimate of drug-likeness (QED) is 0.255. The summed E-state index contributed by atoms with van der Waals surface area (Å²) in [5.41, 5.74) is 3.95. The van der Waals surface area contributed by atoms with Gasteiger partial charge in [-0.2, -0.15) is 4.98 Å². The van der Waals surface area contributed by atoms with Crippen LogP contribution in [0.2, 0.25) is 0 Å². The molecule has 3 aromatic carbocycles. The van der Waals surface area contributed by atoms with Crippen molar-refractivity contribution < 1.29 is 23.5 Å². The predicted molar refractivity (Wildman–Crippen MR) is 156 cm³/mol. The van der Waals surface area contributed by atoms with Crippen LogP contribution in [0.4, 0.5) is 5.69 Å². The van der Waals surface area contributed by atoms with Gasteiger partial charge in [0.15, 0.2) is 5.58 Å². The fourth-order valence-corrected chi connectivity index (χ4v) is 4.57. The lowest BCUT2D eigenvalue weighted by atomic mass is 10.1. The van der Waals surface area contributed by atoms with E-state index in [2.05, 4.69) is 15.6 Å². The van der Waals surface area contributed by atoms with Crippen molar-refractivity contribution in [2.24, 2.45) is 0 Å². The second-order valence-electron chi connectivity index (χ2n) is 9.39. The van der Waals surface area contributed by atoms with Gasteiger partial charge < -0.3 is 24.5 Å². The molecule has 5 rings (SSSR count).